The van der Waals surface area contributed by atoms with Crippen LogP contribution < -0.4 is 10.6 Å². The highest BCUT2D eigenvalue weighted by Gasteiger charge is 2.33. The summed E-state index contributed by atoms with van der Waals surface area (Å²) in [4.78, 5) is 0. The van der Waals surface area contributed by atoms with Crippen LogP contribution in [-0.2, 0) is 0 Å². The Bertz CT molecular complexity index is 351. The summed E-state index contributed by atoms with van der Waals surface area (Å²) in [5, 5.41) is 7.43. The molecule has 2 fully saturated rings. The molecule has 1 heterocycles. The lowest BCUT2D eigenvalue weighted by molar-refractivity contribution is 0.378. The highest BCUT2D eigenvalue weighted by molar-refractivity contribution is 5.21. The van der Waals surface area contributed by atoms with Crippen molar-refractivity contribution in [1.82, 2.24) is 10.6 Å². The normalized spacial score (nSPS) is 26.6. The fraction of sp³-hybridized carbons (Fsp3) is 0.625. The molecule has 0 amide bonds. The van der Waals surface area contributed by atoms with Crippen LogP contribution in [-0.4, -0.2) is 19.1 Å². The summed E-state index contributed by atoms with van der Waals surface area (Å²) in [6.07, 6.45) is 6.71. The summed E-state index contributed by atoms with van der Waals surface area (Å²) in [5.41, 5.74) is 1.48. The van der Waals surface area contributed by atoms with Crippen molar-refractivity contribution in [2.75, 3.05) is 13.1 Å². The molecular weight excluding hydrogens is 220 g/mol. The third-order valence-electron chi connectivity index (χ3n) is 4.24. The summed E-state index contributed by atoms with van der Waals surface area (Å²) in [6, 6.07) is 12.3. The van der Waals surface area contributed by atoms with E-state index in [-0.39, 0.29) is 0 Å². The molecule has 1 saturated heterocycles. The summed E-state index contributed by atoms with van der Waals surface area (Å²) in [6.45, 7) is 2.36. The van der Waals surface area contributed by atoms with Gasteiger partial charge in [-0.1, -0.05) is 30.3 Å². The number of nitrogens with one attached hydrogen (secondary N) is 2. The van der Waals surface area contributed by atoms with Crippen LogP contribution in [0.2, 0.25) is 0 Å². The van der Waals surface area contributed by atoms with Crippen LogP contribution in [0.5, 0.6) is 0 Å². The monoisotopic (exact) mass is 244 g/mol. The largest absolute Gasteiger partial charge is 0.317 e. The number of hydrogen-bond donors (Lipinski definition) is 2. The van der Waals surface area contributed by atoms with Gasteiger partial charge in [0.1, 0.15) is 0 Å². The van der Waals surface area contributed by atoms with Crippen molar-refractivity contribution in [2.24, 2.45) is 5.92 Å². The van der Waals surface area contributed by atoms with Gasteiger partial charge in [0.2, 0.25) is 0 Å². The van der Waals surface area contributed by atoms with E-state index in [2.05, 4.69) is 41.0 Å². The molecule has 0 spiro atoms. The van der Waals surface area contributed by atoms with Gasteiger partial charge in [0, 0.05) is 12.1 Å². The second kappa shape index (κ2) is 5.85. The van der Waals surface area contributed by atoms with Crippen molar-refractivity contribution in [3.63, 3.8) is 0 Å². The lowest BCUT2D eigenvalue weighted by Gasteiger charge is -2.25. The van der Waals surface area contributed by atoms with Gasteiger partial charge in [-0.25, -0.2) is 0 Å². The standard InChI is InChI=1S/C16H24N2/c1-2-5-13(6-3-1)16(14-8-9-14)18-15-7-4-11-17-12-10-15/h1-3,5-6,14-18H,4,7-12H2. The van der Waals surface area contributed by atoms with Crippen LogP contribution >= 0.6 is 0 Å². The minimum Gasteiger partial charge on any atom is -0.317 e. The third-order valence-corrected chi connectivity index (χ3v) is 4.24. The first-order chi connectivity index (χ1) is 8.93. The van der Waals surface area contributed by atoms with E-state index in [1.165, 1.54) is 50.8 Å². The van der Waals surface area contributed by atoms with E-state index in [9.17, 15) is 0 Å². The molecule has 2 nitrogen and oxygen atoms in total. The van der Waals surface area contributed by atoms with Crippen LogP contribution in [0.25, 0.3) is 0 Å². The number of rotatable bonds is 4. The second-order valence-electron chi connectivity index (χ2n) is 5.77. The SMILES string of the molecule is c1ccc(C(NC2CCCNCC2)C2CC2)cc1. The van der Waals surface area contributed by atoms with Crippen molar-refractivity contribution in [3.8, 4) is 0 Å². The maximum absolute atomic E-state index is 3.93. The molecule has 0 aromatic heterocycles. The molecular formula is C16H24N2. The zero-order valence-electron chi connectivity index (χ0n) is 11.1. The van der Waals surface area contributed by atoms with Gasteiger partial charge >= 0.3 is 0 Å². The molecule has 98 valence electrons. The summed E-state index contributed by atoms with van der Waals surface area (Å²) >= 11 is 0. The van der Waals surface area contributed by atoms with Crippen LogP contribution in [0, 0.1) is 5.92 Å². The molecule has 1 aliphatic heterocycles. The third kappa shape index (κ3) is 3.12. The van der Waals surface area contributed by atoms with Crippen molar-refractivity contribution >= 4 is 0 Å². The van der Waals surface area contributed by atoms with Crippen LogP contribution in [0.4, 0.5) is 0 Å². The number of hydrogen-bond acceptors (Lipinski definition) is 2. The van der Waals surface area contributed by atoms with Gasteiger partial charge in [-0.15, -0.1) is 0 Å². The Kier molecular flexibility index (Phi) is 3.96. The first-order valence-corrected chi connectivity index (χ1v) is 7.45. The predicted molar refractivity (Wildman–Crippen MR) is 75.6 cm³/mol. The molecule has 2 N–H and O–H groups in total. The lowest BCUT2D eigenvalue weighted by Crippen LogP contribution is -2.34. The maximum atomic E-state index is 3.93. The molecule has 0 bridgehead atoms. The highest BCUT2D eigenvalue weighted by Crippen LogP contribution is 2.41. The van der Waals surface area contributed by atoms with Gasteiger partial charge in [0.05, 0.1) is 0 Å². The smallest absolute Gasteiger partial charge is 0.0351 e. The Morgan fingerprint density at radius 2 is 1.83 bits per heavy atom. The average Bonchev–Trinajstić information content (AvgIpc) is 3.24. The minimum absolute atomic E-state index is 0.592. The van der Waals surface area contributed by atoms with E-state index in [1.807, 2.05) is 0 Å². The first kappa shape index (κ1) is 12.2. The summed E-state index contributed by atoms with van der Waals surface area (Å²) < 4.78 is 0. The molecule has 1 aliphatic carbocycles. The lowest BCUT2D eigenvalue weighted by atomic mass is 9.99. The predicted octanol–water partition coefficient (Wildman–Crippen LogP) is 2.87. The van der Waals surface area contributed by atoms with Gasteiger partial charge in [-0.2, -0.15) is 0 Å². The van der Waals surface area contributed by atoms with E-state index < -0.39 is 0 Å². The van der Waals surface area contributed by atoms with Crippen LogP contribution in [0.3, 0.4) is 0 Å². The Morgan fingerprint density at radius 1 is 1.00 bits per heavy atom. The topological polar surface area (TPSA) is 24.1 Å². The van der Waals surface area contributed by atoms with Gasteiger partial charge in [-0.3, -0.25) is 0 Å². The van der Waals surface area contributed by atoms with Gasteiger partial charge < -0.3 is 10.6 Å². The minimum atomic E-state index is 0.592. The molecule has 1 aromatic carbocycles. The zero-order chi connectivity index (χ0) is 12.2. The zero-order valence-corrected chi connectivity index (χ0v) is 11.1. The molecule has 18 heavy (non-hydrogen) atoms. The molecule has 1 saturated carbocycles. The Labute approximate surface area is 110 Å². The fourth-order valence-corrected chi connectivity index (χ4v) is 3.03. The summed E-state index contributed by atoms with van der Waals surface area (Å²) in [7, 11) is 0. The molecule has 2 aliphatic rings. The number of benzene rings is 1. The van der Waals surface area contributed by atoms with Crippen molar-refractivity contribution in [1.29, 1.82) is 0 Å². The molecule has 1 aromatic rings. The first-order valence-electron chi connectivity index (χ1n) is 7.45. The fourth-order valence-electron chi connectivity index (χ4n) is 3.03. The summed E-state index contributed by atoms with van der Waals surface area (Å²) in [5.74, 6) is 0.878. The molecule has 3 rings (SSSR count). The van der Waals surface area contributed by atoms with E-state index >= 15 is 0 Å². The van der Waals surface area contributed by atoms with Crippen LogP contribution in [0.1, 0.15) is 43.7 Å². The van der Waals surface area contributed by atoms with Crippen molar-refractivity contribution in [3.05, 3.63) is 35.9 Å². The van der Waals surface area contributed by atoms with Gasteiger partial charge in [0.15, 0.2) is 0 Å². The molecule has 0 radical (unpaired) electrons. The van der Waals surface area contributed by atoms with E-state index in [0.29, 0.717) is 12.1 Å². The van der Waals surface area contributed by atoms with Crippen LogP contribution in [0.15, 0.2) is 30.3 Å². The average molecular weight is 244 g/mol. The maximum Gasteiger partial charge on any atom is 0.0351 e. The molecule has 2 heteroatoms. The highest BCUT2D eigenvalue weighted by atomic mass is 15.0. The van der Waals surface area contributed by atoms with E-state index in [1.54, 1.807) is 0 Å². The Morgan fingerprint density at radius 3 is 2.61 bits per heavy atom. The molecule has 2 unspecified atom stereocenters. The second-order valence-corrected chi connectivity index (χ2v) is 5.77. The Balaban J connectivity index is 1.66. The van der Waals surface area contributed by atoms with Gasteiger partial charge in [0.25, 0.3) is 0 Å². The van der Waals surface area contributed by atoms with Crippen molar-refractivity contribution in [2.45, 2.75) is 44.2 Å². The Hall–Kier alpha value is -0.860. The van der Waals surface area contributed by atoms with E-state index in [0.717, 1.165) is 5.92 Å². The van der Waals surface area contributed by atoms with Gasteiger partial charge in [-0.05, 0) is 56.7 Å². The molecule has 2 atom stereocenters. The van der Waals surface area contributed by atoms with Crippen molar-refractivity contribution < 1.29 is 0 Å². The quantitative estimate of drug-likeness (QED) is 0.851. The van der Waals surface area contributed by atoms with E-state index in [4.69, 9.17) is 0 Å².